The third-order valence-electron chi connectivity index (χ3n) is 2.01. The Bertz CT molecular complexity index is 524. The molecule has 0 fully saturated rings. The lowest BCUT2D eigenvalue weighted by molar-refractivity contribution is -0.135. The normalized spacial score (nSPS) is 10.2. The van der Waals surface area contributed by atoms with Gasteiger partial charge in [-0.05, 0) is 0 Å². The average molecular weight is 264 g/mol. The van der Waals surface area contributed by atoms with Gasteiger partial charge < -0.3 is 5.11 Å². The van der Waals surface area contributed by atoms with Gasteiger partial charge in [-0.25, -0.2) is 17.6 Å². The number of Topliss-reactive ketones (excluding diaryl/α,β-unsaturated/α-hetero) is 1. The Morgan fingerprint density at radius 3 is 1.78 bits per heavy atom. The number of rotatable bonds is 4. The summed E-state index contributed by atoms with van der Waals surface area (Å²) < 4.78 is 52.7. The van der Waals surface area contributed by atoms with Crippen LogP contribution in [0.3, 0.4) is 0 Å². The Kier molecular flexibility index (Phi) is 3.79. The van der Waals surface area contributed by atoms with Crippen molar-refractivity contribution in [3.63, 3.8) is 0 Å². The van der Waals surface area contributed by atoms with Gasteiger partial charge >= 0.3 is 5.97 Å². The Balaban J connectivity index is 3.51. The summed E-state index contributed by atoms with van der Waals surface area (Å²) in [6.45, 7) is 0. The van der Waals surface area contributed by atoms with Gasteiger partial charge in [-0.2, -0.15) is 0 Å². The van der Waals surface area contributed by atoms with E-state index in [9.17, 15) is 31.9 Å². The van der Waals surface area contributed by atoms with Crippen LogP contribution in [0.4, 0.5) is 17.6 Å². The van der Waals surface area contributed by atoms with Crippen molar-refractivity contribution in [2.45, 2.75) is 6.42 Å². The molecular weight excluding hydrogens is 260 g/mol. The highest BCUT2D eigenvalue weighted by Crippen LogP contribution is 2.24. The number of carbonyl (C=O) groups is 3. The molecule has 1 aromatic rings. The molecule has 0 aliphatic carbocycles. The Morgan fingerprint density at radius 2 is 1.44 bits per heavy atom. The molecule has 0 aromatic heterocycles. The highest BCUT2D eigenvalue weighted by atomic mass is 19.2. The standard InChI is InChI=1S/C10H4F4O4/c11-7-3(2-15)8(12)10(14)6(9(7)13)4(16)1-5(17)18/h2H,1H2,(H,17,18). The molecule has 1 rings (SSSR count). The van der Waals surface area contributed by atoms with Crippen LogP contribution in [0.1, 0.15) is 27.1 Å². The summed E-state index contributed by atoms with van der Waals surface area (Å²) in [4.78, 5) is 31.5. The Hall–Kier alpha value is -2.25. The molecule has 0 bridgehead atoms. The number of carboxylic acids is 1. The first-order chi connectivity index (χ1) is 8.31. The lowest BCUT2D eigenvalue weighted by Gasteiger charge is -2.07. The molecule has 0 radical (unpaired) electrons. The van der Waals surface area contributed by atoms with E-state index in [4.69, 9.17) is 5.11 Å². The molecule has 0 atom stereocenters. The summed E-state index contributed by atoms with van der Waals surface area (Å²) in [5.74, 6) is -11.6. The maximum atomic E-state index is 13.2. The van der Waals surface area contributed by atoms with E-state index in [1.54, 1.807) is 0 Å². The molecule has 18 heavy (non-hydrogen) atoms. The van der Waals surface area contributed by atoms with Crippen LogP contribution in [0.5, 0.6) is 0 Å². The number of aldehydes is 1. The van der Waals surface area contributed by atoms with Gasteiger partial charge in [0.2, 0.25) is 0 Å². The van der Waals surface area contributed by atoms with Gasteiger partial charge in [0.05, 0.1) is 11.1 Å². The largest absolute Gasteiger partial charge is 0.481 e. The Labute approximate surface area is 96.8 Å². The van der Waals surface area contributed by atoms with Gasteiger partial charge in [-0.15, -0.1) is 0 Å². The van der Waals surface area contributed by atoms with Crippen molar-refractivity contribution in [3.05, 3.63) is 34.4 Å². The maximum Gasteiger partial charge on any atom is 0.311 e. The van der Waals surface area contributed by atoms with Gasteiger partial charge in [0.15, 0.2) is 35.3 Å². The van der Waals surface area contributed by atoms with Crippen LogP contribution in [-0.4, -0.2) is 23.1 Å². The van der Waals surface area contributed by atoms with Crippen LogP contribution in [-0.2, 0) is 4.79 Å². The fourth-order valence-corrected chi connectivity index (χ4v) is 1.22. The smallest absolute Gasteiger partial charge is 0.311 e. The second kappa shape index (κ2) is 4.94. The number of carbonyl (C=O) groups excluding carboxylic acids is 2. The molecule has 0 spiro atoms. The molecule has 96 valence electrons. The number of halogens is 4. The van der Waals surface area contributed by atoms with Crippen molar-refractivity contribution in [3.8, 4) is 0 Å². The molecule has 0 saturated carbocycles. The topological polar surface area (TPSA) is 71.4 Å². The van der Waals surface area contributed by atoms with Crippen molar-refractivity contribution in [1.82, 2.24) is 0 Å². The second-order valence-electron chi connectivity index (χ2n) is 3.16. The number of hydrogen-bond acceptors (Lipinski definition) is 3. The molecule has 0 saturated heterocycles. The van der Waals surface area contributed by atoms with Gasteiger partial charge in [-0.3, -0.25) is 14.4 Å². The molecule has 0 aliphatic rings. The van der Waals surface area contributed by atoms with E-state index in [1.165, 1.54) is 0 Å². The van der Waals surface area contributed by atoms with Crippen molar-refractivity contribution in [2.75, 3.05) is 0 Å². The third-order valence-corrected chi connectivity index (χ3v) is 2.01. The predicted molar refractivity (Wildman–Crippen MR) is 48.2 cm³/mol. The molecule has 1 aromatic carbocycles. The van der Waals surface area contributed by atoms with Gasteiger partial charge in [0, 0.05) is 0 Å². The number of aliphatic carboxylic acids is 1. The highest BCUT2D eigenvalue weighted by molar-refractivity contribution is 6.06. The summed E-state index contributed by atoms with van der Waals surface area (Å²) in [6, 6.07) is 0. The SMILES string of the molecule is O=Cc1c(F)c(F)c(C(=O)CC(=O)O)c(F)c1F. The number of benzene rings is 1. The number of ketones is 1. The molecular formula is C10H4F4O4. The molecule has 0 heterocycles. The summed E-state index contributed by atoms with van der Waals surface area (Å²) >= 11 is 0. The molecule has 1 N–H and O–H groups in total. The van der Waals surface area contributed by atoms with Crippen LogP contribution >= 0.6 is 0 Å². The average Bonchev–Trinajstić information content (AvgIpc) is 2.26. The lowest BCUT2D eigenvalue weighted by Crippen LogP contribution is -2.16. The molecule has 0 aliphatic heterocycles. The molecule has 8 heteroatoms. The van der Waals surface area contributed by atoms with Crippen LogP contribution in [0.25, 0.3) is 0 Å². The van der Waals surface area contributed by atoms with Gasteiger partial charge in [0.25, 0.3) is 0 Å². The van der Waals surface area contributed by atoms with Crippen LogP contribution in [0.2, 0.25) is 0 Å². The first-order valence-corrected chi connectivity index (χ1v) is 4.37. The Morgan fingerprint density at radius 1 is 1.00 bits per heavy atom. The molecule has 4 nitrogen and oxygen atoms in total. The van der Waals surface area contributed by atoms with E-state index in [-0.39, 0.29) is 0 Å². The zero-order chi connectivity index (χ0) is 14.0. The minimum atomic E-state index is -2.10. The first-order valence-electron chi connectivity index (χ1n) is 4.37. The lowest BCUT2D eigenvalue weighted by atomic mass is 10.0. The van der Waals surface area contributed by atoms with E-state index in [0.717, 1.165) is 0 Å². The van der Waals surface area contributed by atoms with Crippen molar-refractivity contribution < 1.29 is 37.1 Å². The summed E-state index contributed by atoms with van der Waals surface area (Å²) in [6.07, 6.45) is -1.80. The van der Waals surface area contributed by atoms with Crippen LogP contribution in [0.15, 0.2) is 0 Å². The number of carboxylic acid groups (broad SMARTS) is 1. The number of hydrogen-bond donors (Lipinski definition) is 1. The molecule has 0 amide bonds. The summed E-state index contributed by atoms with van der Waals surface area (Å²) in [7, 11) is 0. The van der Waals surface area contributed by atoms with Crippen molar-refractivity contribution in [1.29, 1.82) is 0 Å². The summed E-state index contributed by atoms with van der Waals surface area (Å²) in [5.41, 5.74) is -3.16. The fourth-order valence-electron chi connectivity index (χ4n) is 1.22. The van der Waals surface area contributed by atoms with E-state index in [1.807, 2.05) is 0 Å². The predicted octanol–water partition coefficient (Wildman–Crippen LogP) is 1.71. The van der Waals surface area contributed by atoms with Crippen LogP contribution < -0.4 is 0 Å². The van der Waals surface area contributed by atoms with E-state index < -0.39 is 58.9 Å². The van der Waals surface area contributed by atoms with E-state index in [0.29, 0.717) is 0 Å². The van der Waals surface area contributed by atoms with Crippen LogP contribution in [0, 0.1) is 23.3 Å². The molecule has 0 unspecified atom stereocenters. The third kappa shape index (κ3) is 2.22. The van der Waals surface area contributed by atoms with E-state index >= 15 is 0 Å². The minimum absolute atomic E-state index is 0.456. The van der Waals surface area contributed by atoms with E-state index in [2.05, 4.69) is 0 Å². The fraction of sp³-hybridized carbons (Fsp3) is 0.100. The summed E-state index contributed by atoms with van der Waals surface area (Å²) in [5, 5.41) is 8.26. The highest BCUT2D eigenvalue weighted by Gasteiger charge is 2.29. The monoisotopic (exact) mass is 264 g/mol. The van der Waals surface area contributed by atoms with Gasteiger partial charge in [-0.1, -0.05) is 0 Å². The van der Waals surface area contributed by atoms with Crippen molar-refractivity contribution in [2.24, 2.45) is 0 Å². The second-order valence-corrected chi connectivity index (χ2v) is 3.16. The zero-order valence-corrected chi connectivity index (χ0v) is 8.47. The minimum Gasteiger partial charge on any atom is -0.481 e. The zero-order valence-electron chi connectivity index (χ0n) is 8.47. The first kappa shape index (κ1) is 13.8. The van der Waals surface area contributed by atoms with Gasteiger partial charge in [0.1, 0.15) is 6.42 Å². The maximum absolute atomic E-state index is 13.2. The quantitative estimate of drug-likeness (QED) is 0.295. The van der Waals surface area contributed by atoms with Crippen molar-refractivity contribution >= 4 is 18.0 Å².